The minimum atomic E-state index is -0.176. The molecule has 2 saturated carbocycles. The van der Waals surface area contributed by atoms with Crippen molar-refractivity contribution in [2.24, 2.45) is 5.92 Å². The quantitative estimate of drug-likeness (QED) is 0.935. The highest BCUT2D eigenvalue weighted by atomic mass is 16.2. The number of hydrogen-bond donors (Lipinski definition) is 1. The van der Waals surface area contributed by atoms with Crippen LogP contribution in [0.4, 0.5) is 0 Å². The molecule has 1 N–H and O–H groups in total. The van der Waals surface area contributed by atoms with Gasteiger partial charge >= 0.3 is 0 Å². The summed E-state index contributed by atoms with van der Waals surface area (Å²) in [5.74, 6) is 0.762. The van der Waals surface area contributed by atoms with Crippen LogP contribution in [-0.4, -0.2) is 27.9 Å². The van der Waals surface area contributed by atoms with Crippen molar-refractivity contribution in [3.63, 3.8) is 0 Å². The second kappa shape index (κ2) is 6.08. The topological polar surface area (TPSA) is 53.2 Å². The Morgan fingerprint density at radius 1 is 1.04 bits per heavy atom. The van der Waals surface area contributed by atoms with E-state index in [0.29, 0.717) is 23.2 Å². The molecular weight excluding hydrogens is 300 g/mol. The van der Waals surface area contributed by atoms with E-state index in [2.05, 4.69) is 16.8 Å². The van der Waals surface area contributed by atoms with Gasteiger partial charge in [-0.15, -0.1) is 0 Å². The summed E-state index contributed by atoms with van der Waals surface area (Å²) in [5.41, 5.74) is 0.258. The molecule has 1 amide bonds. The molecule has 4 nitrogen and oxygen atoms in total. The maximum absolute atomic E-state index is 13.2. The number of aromatic nitrogens is 1. The Hall–Kier alpha value is -2.10. The molecule has 24 heavy (non-hydrogen) atoms. The molecule has 2 fully saturated rings. The molecule has 0 unspecified atom stereocenters. The van der Waals surface area contributed by atoms with E-state index in [9.17, 15) is 9.59 Å². The van der Waals surface area contributed by atoms with Gasteiger partial charge in [0.25, 0.3) is 11.5 Å². The number of fused-ring (bicyclic) bond motifs is 1. The van der Waals surface area contributed by atoms with Gasteiger partial charge in [-0.1, -0.05) is 25.1 Å². The second-order valence-corrected chi connectivity index (χ2v) is 7.46. The lowest BCUT2D eigenvalue weighted by Crippen LogP contribution is -2.44. The van der Waals surface area contributed by atoms with Crippen LogP contribution in [0.5, 0.6) is 0 Å². The van der Waals surface area contributed by atoms with Gasteiger partial charge in [0.1, 0.15) is 5.69 Å². The van der Waals surface area contributed by atoms with Gasteiger partial charge in [-0.2, -0.15) is 0 Å². The van der Waals surface area contributed by atoms with Crippen molar-refractivity contribution >= 4 is 16.7 Å². The highest BCUT2D eigenvalue weighted by molar-refractivity contribution is 5.96. The molecule has 0 bridgehead atoms. The third kappa shape index (κ3) is 2.85. The molecule has 2 aromatic rings. The van der Waals surface area contributed by atoms with Crippen LogP contribution in [0.15, 0.2) is 35.1 Å². The number of hydrogen-bond acceptors (Lipinski definition) is 2. The predicted octanol–water partition coefficient (Wildman–Crippen LogP) is 3.71. The molecular formula is C20H24N2O2. The Morgan fingerprint density at radius 2 is 1.67 bits per heavy atom. The smallest absolute Gasteiger partial charge is 0.270 e. The monoisotopic (exact) mass is 324 g/mol. The first kappa shape index (κ1) is 15.4. The van der Waals surface area contributed by atoms with Crippen molar-refractivity contribution in [1.29, 1.82) is 0 Å². The van der Waals surface area contributed by atoms with E-state index >= 15 is 0 Å². The maximum atomic E-state index is 13.2. The molecule has 0 atom stereocenters. The number of rotatable bonds is 3. The molecule has 0 spiro atoms. The van der Waals surface area contributed by atoms with Crippen molar-refractivity contribution < 1.29 is 4.79 Å². The number of aromatic amines is 1. The summed E-state index contributed by atoms with van der Waals surface area (Å²) < 4.78 is 0. The van der Waals surface area contributed by atoms with Crippen molar-refractivity contribution in [3.05, 3.63) is 46.4 Å². The molecule has 1 heterocycles. The third-order valence-electron chi connectivity index (χ3n) is 5.54. The number of amides is 1. The summed E-state index contributed by atoms with van der Waals surface area (Å²) in [4.78, 5) is 30.4. The van der Waals surface area contributed by atoms with E-state index in [1.54, 1.807) is 6.07 Å². The SMILES string of the molecule is CC1CCC(N(C(=O)c2cc3ccccc3c(=O)[nH]2)C2CC2)CC1. The minimum absolute atomic E-state index is 0.0000869. The van der Waals surface area contributed by atoms with Gasteiger partial charge in [0.05, 0.1) is 0 Å². The zero-order valence-corrected chi connectivity index (χ0v) is 14.1. The van der Waals surface area contributed by atoms with E-state index in [0.717, 1.165) is 37.0 Å². The number of benzene rings is 1. The van der Waals surface area contributed by atoms with Crippen LogP contribution in [0.1, 0.15) is 55.9 Å². The number of nitrogens with zero attached hydrogens (tertiary/aromatic N) is 1. The van der Waals surface area contributed by atoms with Crippen molar-refractivity contribution in [2.45, 2.75) is 57.5 Å². The summed E-state index contributed by atoms with van der Waals surface area (Å²) in [5, 5.41) is 1.47. The van der Waals surface area contributed by atoms with Crippen LogP contribution < -0.4 is 5.56 Å². The first-order valence-corrected chi connectivity index (χ1v) is 9.08. The highest BCUT2D eigenvalue weighted by Gasteiger charge is 2.39. The maximum Gasteiger partial charge on any atom is 0.270 e. The van der Waals surface area contributed by atoms with E-state index in [-0.39, 0.29) is 11.5 Å². The summed E-state index contributed by atoms with van der Waals surface area (Å²) in [6.07, 6.45) is 6.73. The van der Waals surface area contributed by atoms with E-state index in [1.807, 2.05) is 24.3 Å². The Morgan fingerprint density at radius 3 is 2.33 bits per heavy atom. The number of carbonyl (C=O) groups excluding carboxylic acids is 1. The van der Waals surface area contributed by atoms with Gasteiger partial charge in [0, 0.05) is 17.5 Å². The molecule has 1 aromatic heterocycles. The van der Waals surface area contributed by atoms with Crippen LogP contribution >= 0.6 is 0 Å². The molecule has 4 rings (SSSR count). The fourth-order valence-corrected chi connectivity index (χ4v) is 3.97. The van der Waals surface area contributed by atoms with Crippen molar-refractivity contribution in [2.75, 3.05) is 0 Å². The molecule has 2 aliphatic rings. The first-order chi connectivity index (χ1) is 11.6. The van der Waals surface area contributed by atoms with Gasteiger partial charge in [-0.25, -0.2) is 0 Å². The number of H-pyrrole nitrogens is 1. The largest absolute Gasteiger partial charge is 0.331 e. The Bertz CT molecular complexity index is 814. The molecule has 0 radical (unpaired) electrons. The molecule has 4 heteroatoms. The van der Waals surface area contributed by atoms with E-state index < -0.39 is 0 Å². The summed E-state index contributed by atoms with van der Waals surface area (Å²) >= 11 is 0. The molecule has 0 saturated heterocycles. The van der Waals surface area contributed by atoms with Crippen LogP contribution in [0.25, 0.3) is 10.8 Å². The fraction of sp³-hybridized carbons (Fsp3) is 0.500. The Kier molecular flexibility index (Phi) is 3.91. The van der Waals surface area contributed by atoms with Gasteiger partial charge in [-0.05, 0) is 62.0 Å². The molecule has 0 aliphatic heterocycles. The van der Waals surface area contributed by atoms with Crippen molar-refractivity contribution in [3.8, 4) is 0 Å². The highest BCUT2D eigenvalue weighted by Crippen LogP contribution is 2.36. The number of nitrogens with one attached hydrogen (secondary N) is 1. The van der Waals surface area contributed by atoms with Crippen LogP contribution in [-0.2, 0) is 0 Å². The predicted molar refractivity (Wildman–Crippen MR) is 95.2 cm³/mol. The molecule has 2 aliphatic carbocycles. The van der Waals surface area contributed by atoms with Gasteiger partial charge < -0.3 is 9.88 Å². The Balaban J connectivity index is 1.67. The summed E-state index contributed by atoms with van der Waals surface area (Å²) in [7, 11) is 0. The van der Waals surface area contributed by atoms with Gasteiger partial charge in [-0.3, -0.25) is 9.59 Å². The van der Waals surface area contributed by atoms with E-state index in [4.69, 9.17) is 0 Å². The fourth-order valence-electron chi connectivity index (χ4n) is 3.97. The van der Waals surface area contributed by atoms with Crippen LogP contribution in [0.2, 0.25) is 0 Å². The molecule has 126 valence electrons. The lowest BCUT2D eigenvalue weighted by Gasteiger charge is -2.36. The lowest BCUT2D eigenvalue weighted by atomic mass is 9.86. The van der Waals surface area contributed by atoms with E-state index in [1.165, 1.54) is 12.8 Å². The third-order valence-corrected chi connectivity index (χ3v) is 5.54. The van der Waals surface area contributed by atoms with Gasteiger partial charge in [0.15, 0.2) is 0 Å². The van der Waals surface area contributed by atoms with Gasteiger partial charge in [0.2, 0.25) is 0 Å². The molecule has 1 aromatic carbocycles. The average molecular weight is 324 g/mol. The Labute approximate surface area is 141 Å². The number of carbonyl (C=O) groups is 1. The minimum Gasteiger partial charge on any atom is -0.331 e. The first-order valence-electron chi connectivity index (χ1n) is 9.08. The summed E-state index contributed by atoms with van der Waals surface area (Å²) in [6, 6.07) is 9.96. The normalized spacial score (nSPS) is 24.0. The summed E-state index contributed by atoms with van der Waals surface area (Å²) in [6.45, 7) is 2.29. The average Bonchev–Trinajstić information content (AvgIpc) is 3.41. The van der Waals surface area contributed by atoms with Crippen LogP contribution in [0.3, 0.4) is 0 Å². The van der Waals surface area contributed by atoms with Crippen molar-refractivity contribution in [1.82, 2.24) is 9.88 Å². The zero-order valence-electron chi connectivity index (χ0n) is 14.1. The zero-order chi connectivity index (χ0) is 16.7. The standard InChI is InChI=1S/C20H24N2O2/c1-13-6-8-15(9-7-13)22(16-10-11-16)20(24)18-12-14-4-2-3-5-17(14)19(23)21-18/h2-5,12-13,15-16H,6-11H2,1H3,(H,21,23). The second-order valence-electron chi connectivity index (χ2n) is 7.46. The lowest BCUT2D eigenvalue weighted by molar-refractivity contribution is 0.0587. The number of pyridine rings is 1. The van der Waals surface area contributed by atoms with Crippen LogP contribution in [0, 0.1) is 5.92 Å².